The minimum atomic E-state index is 0.578. The van der Waals surface area contributed by atoms with Crippen LogP contribution >= 0.6 is 15.9 Å². The number of benzene rings is 1. The third-order valence-corrected chi connectivity index (χ3v) is 5.39. The lowest BCUT2D eigenvalue weighted by atomic mass is 9.93. The summed E-state index contributed by atoms with van der Waals surface area (Å²) in [6.07, 6.45) is 6.62. The molecular weight excluding hydrogens is 316 g/mol. The molecule has 3 atom stereocenters. The van der Waals surface area contributed by atoms with Gasteiger partial charge in [-0.05, 0) is 66.2 Å². The minimum absolute atomic E-state index is 0.578. The zero-order valence-electron chi connectivity index (χ0n) is 12.0. The Morgan fingerprint density at radius 2 is 2.15 bits per heavy atom. The largest absolute Gasteiger partial charge is 0.497 e. The van der Waals surface area contributed by atoms with Gasteiger partial charge < -0.3 is 15.4 Å². The van der Waals surface area contributed by atoms with Gasteiger partial charge in [0.15, 0.2) is 0 Å². The lowest BCUT2D eigenvalue weighted by molar-refractivity contribution is 0.376. The Labute approximate surface area is 129 Å². The third kappa shape index (κ3) is 2.96. The molecule has 1 aromatic carbocycles. The molecule has 3 unspecified atom stereocenters. The molecule has 1 saturated carbocycles. The molecule has 0 radical (unpaired) electrons. The number of halogens is 1. The van der Waals surface area contributed by atoms with Crippen LogP contribution in [0.15, 0.2) is 22.7 Å². The number of methoxy groups -OCH3 is 1. The van der Waals surface area contributed by atoms with Crippen LogP contribution in [0.4, 0.5) is 5.69 Å². The fourth-order valence-corrected chi connectivity index (χ4v) is 4.03. The van der Waals surface area contributed by atoms with Gasteiger partial charge in [-0.3, -0.25) is 0 Å². The Morgan fingerprint density at radius 3 is 2.90 bits per heavy atom. The molecule has 110 valence electrons. The molecule has 20 heavy (non-hydrogen) atoms. The summed E-state index contributed by atoms with van der Waals surface area (Å²) in [5.41, 5.74) is 1.15. The maximum atomic E-state index is 5.33. The van der Waals surface area contributed by atoms with Crippen LogP contribution in [0.2, 0.25) is 0 Å². The van der Waals surface area contributed by atoms with Gasteiger partial charge in [0, 0.05) is 22.6 Å². The molecule has 1 aliphatic heterocycles. The second-order valence-corrected chi connectivity index (χ2v) is 6.75. The molecule has 4 heteroatoms. The number of ether oxygens (including phenoxy) is 1. The first kappa shape index (κ1) is 14.2. The molecule has 1 aromatic rings. The van der Waals surface area contributed by atoms with E-state index in [1.807, 2.05) is 6.07 Å². The molecule has 1 aliphatic carbocycles. The maximum Gasteiger partial charge on any atom is 0.121 e. The van der Waals surface area contributed by atoms with Gasteiger partial charge >= 0.3 is 0 Å². The van der Waals surface area contributed by atoms with E-state index in [1.165, 1.54) is 38.6 Å². The van der Waals surface area contributed by atoms with Crippen molar-refractivity contribution in [2.45, 2.75) is 44.2 Å². The van der Waals surface area contributed by atoms with Crippen LogP contribution in [0.3, 0.4) is 0 Å². The van der Waals surface area contributed by atoms with E-state index in [9.17, 15) is 0 Å². The molecule has 2 N–H and O–H groups in total. The molecule has 0 aromatic heterocycles. The summed E-state index contributed by atoms with van der Waals surface area (Å²) in [4.78, 5) is 0. The topological polar surface area (TPSA) is 33.3 Å². The van der Waals surface area contributed by atoms with Crippen LogP contribution in [-0.4, -0.2) is 25.7 Å². The number of rotatable bonds is 4. The van der Waals surface area contributed by atoms with Crippen molar-refractivity contribution in [1.29, 1.82) is 0 Å². The Morgan fingerprint density at radius 1 is 1.25 bits per heavy atom. The number of nitrogens with one attached hydrogen (secondary N) is 2. The highest BCUT2D eigenvalue weighted by molar-refractivity contribution is 9.10. The van der Waals surface area contributed by atoms with E-state index in [1.54, 1.807) is 7.11 Å². The summed E-state index contributed by atoms with van der Waals surface area (Å²) >= 11 is 3.64. The Bertz CT molecular complexity index is 460. The molecule has 0 bridgehead atoms. The van der Waals surface area contributed by atoms with Gasteiger partial charge in [0.2, 0.25) is 0 Å². The van der Waals surface area contributed by atoms with E-state index in [0.717, 1.165) is 21.8 Å². The maximum absolute atomic E-state index is 5.33. The van der Waals surface area contributed by atoms with E-state index in [-0.39, 0.29) is 0 Å². The first-order valence-corrected chi connectivity index (χ1v) is 8.40. The van der Waals surface area contributed by atoms with E-state index in [4.69, 9.17) is 4.74 Å². The normalized spacial score (nSPS) is 29.6. The Hall–Kier alpha value is -0.740. The van der Waals surface area contributed by atoms with E-state index in [2.05, 4.69) is 38.7 Å². The van der Waals surface area contributed by atoms with Crippen LogP contribution in [0, 0.1) is 5.92 Å². The van der Waals surface area contributed by atoms with Crippen molar-refractivity contribution in [3.8, 4) is 5.75 Å². The summed E-state index contributed by atoms with van der Waals surface area (Å²) in [5, 5.41) is 7.42. The summed E-state index contributed by atoms with van der Waals surface area (Å²) in [6, 6.07) is 7.41. The van der Waals surface area contributed by atoms with Crippen LogP contribution in [0.25, 0.3) is 0 Å². The van der Waals surface area contributed by atoms with Gasteiger partial charge in [0.1, 0.15) is 5.75 Å². The summed E-state index contributed by atoms with van der Waals surface area (Å²) < 4.78 is 6.44. The lowest BCUT2D eigenvalue weighted by Crippen LogP contribution is -2.38. The van der Waals surface area contributed by atoms with Gasteiger partial charge in [0.05, 0.1) is 12.8 Å². The van der Waals surface area contributed by atoms with Gasteiger partial charge in [-0.25, -0.2) is 0 Å². The van der Waals surface area contributed by atoms with Crippen molar-refractivity contribution in [3.05, 3.63) is 22.7 Å². The SMILES string of the molecule is COc1ccc(Br)c(NC2CCCC2C2CCCN2)c1. The molecule has 1 heterocycles. The number of anilines is 1. The number of hydrogen-bond acceptors (Lipinski definition) is 3. The third-order valence-electron chi connectivity index (χ3n) is 4.70. The second kappa shape index (κ2) is 6.35. The predicted molar refractivity (Wildman–Crippen MR) is 86.5 cm³/mol. The van der Waals surface area contributed by atoms with Gasteiger partial charge in [0.25, 0.3) is 0 Å². The lowest BCUT2D eigenvalue weighted by Gasteiger charge is -2.27. The molecule has 2 aliphatic rings. The summed E-state index contributed by atoms with van der Waals surface area (Å²) in [5.74, 6) is 1.67. The van der Waals surface area contributed by atoms with Crippen molar-refractivity contribution in [2.24, 2.45) is 5.92 Å². The molecule has 1 saturated heterocycles. The summed E-state index contributed by atoms with van der Waals surface area (Å²) in [7, 11) is 1.72. The first-order valence-electron chi connectivity index (χ1n) is 7.61. The highest BCUT2D eigenvalue weighted by Crippen LogP contribution is 2.36. The van der Waals surface area contributed by atoms with Crippen LogP contribution < -0.4 is 15.4 Å². The van der Waals surface area contributed by atoms with Crippen molar-refractivity contribution in [3.63, 3.8) is 0 Å². The molecule has 2 fully saturated rings. The van der Waals surface area contributed by atoms with Crippen molar-refractivity contribution in [1.82, 2.24) is 5.32 Å². The molecule has 3 rings (SSSR count). The Balaban J connectivity index is 1.72. The molecular formula is C16H23BrN2O. The van der Waals surface area contributed by atoms with Crippen LogP contribution in [-0.2, 0) is 0 Å². The first-order chi connectivity index (χ1) is 9.78. The second-order valence-electron chi connectivity index (χ2n) is 5.89. The fourth-order valence-electron chi connectivity index (χ4n) is 3.67. The quantitative estimate of drug-likeness (QED) is 0.876. The highest BCUT2D eigenvalue weighted by Gasteiger charge is 2.35. The minimum Gasteiger partial charge on any atom is -0.497 e. The zero-order valence-corrected chi connectivity index (χ0v) is 13.6. The van der Waals surface area contributed by atoms with Crippen LogP contribution in [0.1, 0.15) is 32.1 Å². The van der Waals surface area contributed by atoms with Crippen molar-refractivity contribution < 1.29 is 4.74 Å². The molecule has 3 nitrogen and oxygen atoms in total. The standard InChI is InChI=1S/C16H23BrN2O/c1-20-11-7-8-13(17)16(10-11)19-15-5-2-4-12(15)14-6-3-9-18-14/h7-8,10,12,14-15,18-19H,2-6,9H2,1H3. The van der Waals surface area contributed by atoms with Crippen molar-refractivity contribution in [2.75, 3.05) is 19.0 Å². The zero-order chi connectivity index (χ0) is 13.9. The van der Waals surface area contributed by atoms with E-state index in [0.29, 0.717) is 12.1 Å². The van der Waals surface area contributed by atoms with Crippen molar-refractivity contribution >= 4 is 21.6 Å². The molecule has 0 spiro atoms. The average molecular weight is 339 g/mol. The smallest absolute Gasteiger partial charge is 0.121 e. The van der Waals surface area contributed by atoms with Gasteiger partial charge in [-0.2, -0.15) is 0 Å². The summed E-state index contributed by atoms with van der Waals surface area (Å²) in [6.45, 7) is 1.19. The van der Waals surface area contributed by atoms with Gasteiger partial charge in [-0.1, -0.05) is 6.42 Å². The molecule has 0 amide bonds. The Kier molecular flexibility index (Phi) is 4.51. The fraction of sp³-hybridized carbons (Fsp3) is 0.625. The van der Waals surface area contributed by atoms with Gasteiger partial charge in [-0.15, -0.1) is 0 Å². The highest BCUT2D eigenvalue weighted by atomic mass is 79.9. The monoisotopic (exact) mass is 338 g/mol. The number of hydrogen-bond donors (Lipinski definition) is 2. The van der Waals surface area contributed by atoms with Crippen LogP contribution in [0.5, 0.6) is 5.75 Å². The van der Waals surface area contributed by atoms with E-state index < -0.39 is 0 Å². The predicted octanol–water partition coefficient (Wildman–Crippen LogP) is 3.79. The van der Waals surface area contributed by atoms with E-state index >= 15 is 0 Å². The average Bonchev–Trinajstić information content (AvgIpc) is 3.11.